The molecule has 0 saturated carbocycles. The molecule has 0 spiro atoms. The van der Waals surface area contributed by atoms with E-state index in [1.165, 1.54) is 12.5 Å². The Kier molecular flexibility index (Phi) is 12.2. The molecule has 2 heterocycles. The van der Waals surface area contributed by atoms with Crippen LogP contribution in [0.1, 0.15) is 43.4 Å². The fourth-order valence-electron chi connectivity index (χ4n) is 4.54. The maximum absolute atomic E-state index is 13.6. The number of carboxylic acids is 2. The van der Waals surface area contributed by atoms with Gasteiger partial charge in [0.15, 0.2) is 0 Å². The summed E-state index contributed by atoms with van der Waals surface area (Å²) in [5.74, 6) is -4.74. The van der Waals surface area contributed by atoms with Gasteiger partial charge >= 0.3 is 11.9 Å². The van der Waals surface area contributed by atoms with Gasteiger partial charge in [0.05, 0.1) is 12.4 Å². The molecule has 0 aliphatic heterocycles. The fraction of sp³-hybridized carbons (Fsp3) is 0.429. The smallest absolute Gasteiger partial charge is 0.326 e. The monoisotopic (exact) mass is 598 g/mol. The van der Waals surface area contributed by atoms with E-state index in [0.717, 1.165) is 10.9 Å². The molecule has 0 aliphatic carbocycles. The normalized spacial score (nSPS) is 13.9. The number of nitrogens with two attached hydrogens (primary N) is 2. The number of nitrogens with one attached hydrogen (secondary N) is 5. The number of aliphatic carboxylic acids is 2. The van der Waals surface area contributed by atoms with Crippen molar-refractivity contribution in [2.24, 2.45) is 11.5 Å². The molecule has 4 atom stereocenters. The van der Waals surface area contributed by atoms with Gasteiger partial charge in [-0.05, 0) is 37.4 Å². The number of amides is 3. The van der Waals surface area contributed by atoms with Crippen molar-refractivity contribution in [3.8, 4) is 0 Å². The van der Waals surface area contributed by atoms with Gasteiger partial charge < -0.3 is 47.6 Å². The zero-order valence-electron chi connectivity index (χ0n) is 23.5. The molecule has 15 heteroatoms. The predicted octanol–water partition coefficient (Wildman–Crippen LogP) is -0.464. The number of fused-ring (bicyclic) bond motifs is 1. The van der Waals surface area contributed by atoms with Crippen molar-refractivity contribution >= 4 is 40.6 Å². The summed E-state index contributed by atoms with van der Waals surface area (Å²) >= 11 is 0. The van der Waals surface area contributed by atoms with Crippen LogP contribution in [-0.2, 0) is 36.8 Å². The summed E-state index contributed by atoms with van der Waals surface area (Å²) in [7, 11) is 0. The minimum atomic E-state index is -1.50. The third-order valence-electron chi connectivity index (χ3n) is 6.91. The highest BCUT2D eigenvalue weighted by molar-refractivity contribution is 5.95. The van der Waals surface area contributed by atoms with Gasteiger partial charge in [-0.25, -0.2) is 9.78 Å². The number of unbranched alkanes of at least 4 members (excludes halogenated alkanes) is 1. The maximum atomic E-state index is 13.6. The van der Waals surface area contributed by atoms with Crippen molar-refractivity contribution in [2.75, 3.05) is 6.54 Å². The highest BCUT2D eigenvalue weighted by Crippen LogP contribution is 2.19. The number of carbonyl (C=O) groups is 5. The van der Waals surface area contributed by atoms with Gasteiger partial charge in [0.2, 0.25) is 17.7 Å². The number of aromatic amines is 2. The van der Waals surface area contributed by atoms with Crippen molar-refractivity contribution < 1.29 is 34.2 Å². The molecule has 1 aromatic carbocycles. The van der Waals surface area contributed by atoms with Crippen LogP contribution in [-0.4, -0.2) is 85.5 Å². The second-order valence-corrected chi connectivity index (χ2v) is 10.2. The minimum Gasteiger partial charge on any atom is -0.481 e. The fourth-order valence-corrected chi connectivity index (χ4v) is 4.54. The average molecular weight is 599 g/mol. The number of carbonyl (C=O) groups excluding carboxylic acids is 3. The third kappa shape index (κ3) is 9.93. The number of nitrogens with zero attached hydrogens (tertiary/aromatic N) is 1. The van der Waals surface area contributed by atoms with Crippen LogP contribution in [0.3, 0.4) is 0 Å². The van der Waals surface area contributed by atoms with E-state index in [1.54, 1.807) is 6.20 Å². The highest BCUT2D eigenvalue weighted by atomic mass is 16.4. The Balaban J connectivity index is 1.85. The number of para-hydroxylation sites is 1. The van der Waals surface area contributed by atoms with Crippen LogP contribution in [0.25, 0.3) is 10.9 Å². The first-order chi connectivity index (χ1) is 20.6. The molecule has 0 saturated heterocycles. The Morgan fingerprint density at radius 2 is 1.53 bits per heavy atom. The molecule has 0 radical (unpaired) electrons. The van der Waals surface area contributed by atoms with Crippen LogP contribution in [0.15, 0.2) is 43.0 Å². The summed E-state index contributed by atoms with van der Waals surface area (Å²) in [4.78, 5) is 72.7. The standard InChI is InChI=1S/C28H38N8O7/c29-10-4-3-6-19(30)25(39)35-23(12-17-14-31-15-33-17)27(41)36-22(11-16-13-32-20-7-2-1-5-18(16)20)26(40)34-21(28(42)43)8-9-24(37)38/h1-2,5,7,13-15,19,21-23,32H,3-4,6,8-12,29-30H2,(H,31,33)(H,34,40)(H,35,39)(H,36,41)(H,37,38)(H,42,43). The van der Waals surface area contributed by atoms with Crippen LogP contribution in [0, 0.1) is 0 Å². The van der Waals surface area contributed by atoms with Crippen LogP contribution in [0.5, 0.6) is 0 Å². The van der Waals surface area contributed by atoms with E-state index in [9.17, 15) is 29.1 Å². The summed E-state index contributed by atoms with van der Waals surface area (Å²) in [6.07, 6.45) is 5.40. The van der Waals surface area contributed by atoms with E-state index >= 15 is 0 Å². The van der Waals surface area contributed by atoms with Crippen LogP contribution in [0.2, 0.25) is 0 Å². The molecule has 4 unspecified atom stereocenters. The first-order valence-corrected chi connectivity index (χ1v) is 13.9. The lowest BCUT2D eigenvalue weighted by Gasteiger charge is -2.25. The third-order valence-corrected chi connectivity index (χ3v) is 6.91. The van der Waals surface area contributed by atoms with Crippen molar-refractivity contribution in [1.29, 1.82) is 0 Å². The molecule has 0 fully saturated rings. The van der Waals surface area contributed by atoms with Crippen molar-refractivity contribution in [1.82, 2.24) is 30.9 Å². The van der Waals surface area contributed by atoms with Gasteiger partial charge in [-0.15, -0.1) is 0 Å². The summed E-state index contributed by atoms with van der Waals surface area (Å²) < 4.78 is 0. The van der Waals surface area contributed by atoms with Crippen LogP contribution >= 0.6 is 0 Å². The molecular weight excluding hydrogens is 560 g/mol. The van der Waals surface area contributed by atoms with Gasteiger partial charge in [0.1, 0.15) is 18.1 Å². The van der Waals surface area contributed by atoms with E-state index in [4.69, 9.17) is 16.6 Å². The molecule has 3 aromatic rings. The Bertz CT molecular complexity index is 1390. The zero-order valence-corrected chi connectivity index (χ0v) is 23.5. The second kappa shape index (κ2) is 16.0. The zero-order chi connectivity index (χ0) is 31.4. The van der Waals surface area contributed by atoms with E-state index < -0.39 is 60.2 Å². The molecule has 232 valence electrons. The number of hydrogen-bond donors (Lipinski definition) is 9. The molecule has 0 aliphatic rings. The number of benzene rings is 1. The lowest BCUT2D eigenvalue weighted by atomic mass is 10.0. The highest BCUT2D eigenvalue weighted by Gasteiger charge is 2.31. The van der Waals surface area contributed by atoms with Gasteiger partial charge in [-0.1, -0.05) is 24.6 Å². The Labute approximate surface area is 247 Å². The quantitative estimate of drug-likeness (QED) is 0.0851. The van der Waals surface area contributed by atoms with E-state index in [0.29, 0.717) is 37.1 Å². The lowest BCUT2D eigenvalue weighted by molar-refractivity contribution is -0.143. The number of hydrogen-bond acceptors (Lipinski definition) is 8. The predicted molar refractivity (Wildman–Crippen MR) is 155 cm³/mol. The lowest BCUT2D eigenvalue weighted by Crippen LogP contribution is -2.58. The van der Waals surface area contributed by atoms with Gasteiger partial charge in [0, 0.05) is 48.3 Å². The molecule has 11 N–H and O–H groups in total. The maximum Gasteiger partial charge on any atom is 0.326 e. The van der Waals surface area contributed by atoms with Crippen molar-refractivity contribution in [3.63, 3.8) is 0 Å². The van der Waals surface area contributed by atoms with Crippen molar-refractivity contribution in [2.45, 2.75) is 69.1 Å². The molecule has 3 rings (SSSR count). The summed E-state index contributed by atoms with van der Waals surface area (Å²) in [5.41, 5.74) is 13.6. The topological polar surface area (TPSA) is 258 Å². The summed E-state index contributed by atoms with van der Waals surface area (Å²) in [6.45, 7) is 0.456. The molecular formula is C28H38N8O7. The van der Waals surface area contributed by atoms with E-state index in [2.05, 4.69) is 30.9 Å². The van der Waals surface area contributed by atoms with Crippen LogP contribution < -0.4 is 27.4 Å². The Morgan fingerprint density at radius 3 is 2.19 bits per heavy atom. The SMILES string of the molecule is NCCCCC(N)C(=O)NC(Cc1cnc[nH]1)C(=O)NC(Cc1c[nH]c2ccccc12)C(=O)NC(CCC(=O)O)C(=O)O. The molecule has 0 bridgehead atoms. The first kappa shape index (κ1) is 32.8. The van der Waals surface area contributed by atoms with Gasteiger partial charge in [-0.2, -0.15) is 0 Å². The number of imidazole rings is 1. The second-order valence-electron chi connectivity index (χ2n) is 10.2. The average Bonchev–Trinajstić information content (AvgIpc) is 3.64. The summed E-state index contributed by atoms with van der Waals surface area (Å²) in [5, 5.41) is 27.0. The number of aromatic nitrogens is 3. The Hall–Kier alpha value is -4.76. The molecule has 2 aromatic heterocycles. The first-order valence-electron chi connectivity index (χ1n) is 13.9. The van der Waals surface area contributed by atoms with E-state index in [-0.39, 0.29) is 19.3 Å². The number of carboxylic acid groups (broad SMARTS) is 2. The van der Waals surface area contributed by atoms with Crippen molar-refractivity contribution in [3.05, 3.63) is 54.2 Å². The summed E-state index contributed by atoms with van der Waals surface area (Å²) in [6, 6.07) is 2.48. The van der Waals surface area contributed by atoms with Crippen LogP contribution in [0.4, 0.5) is 0 Å². The Morgan fingerprint density at radius 1 is 0.860 bits per heavy atom. The number of H-pyrrole nitrogens is 2. The minimum absolute atomic E-state index is 0.00484. The van der Waals surface area contributed by atoms with Gasteiger partial charge in [0.25, 0.3) is 0 Å². The number of rotatable bonds is 18. The van der Waals surface area contributed by atoms with Gasteiger partial charge in [-0.3, -0.25) is 19.2 Å². The van der Waals surface area contributed by atoms with E-state index in [1.807, 2.05) is 24.3 Å². The molecule has 43 heavy (non-hydrogen) atoms. The molecule has 15 nitrogen and oxygen atoms in total. The largest absolute Gasteiger partial charge is 0.481 e. The molecule has 3 amide bonds.